The lowest BCUT2D eigenvalue weighted by atomic mass is 10.3. The standard InChI is InChI=1S/C12H12ClN5O3/c1-21-12(20)11-15-6-18(17-11)5-10(19)16-9-3-2-7(14)4-8(9)13/h2-4,6H,5,14H2,1H3,(H,16,19). The van der Waals surface area contributed by atoms with Crippen molar-refractivity contribution in [2.75, 3.05) is 18.2 Å². The van der Waals surface area contributed by atoms with Crippen LogP contribution >= 0.6 is 11.6 Å². The minimum absolute atomic E-state index is 0.115. The Morgan fingerprint density at radius 2 is 2.24 bits per heavy atom. The van der Waals surface area contributed by atoms with E-state index in [-0.39, 0.29) is 18.3 Å². The number of amides is 1. The normalized spacial score (nSPS) is 10.2. The van der Waals surface area contributed by atoms with E-state index in [1.165, 1.54) is 24.2 Å². The Morgan fingerprint density at radius 3 is 2.90 bits per heavy atom. The van der Waals surface area contributed by atoms with E-state index >= 15 is 0 Å². The number of halogens is 1. The minimum atomic E-state index is -0.671. The highest BCUT2D eigenvalue weighted by Crippen LogP contribution is 2.23. The monoisotopic (exact) mass is 309 g/mol. The molecule has 0 aliphatic heterocycles. The second-order valence-corrected chi connectivity index (χ2v) is 4.45. The van der Waals surface area contributed by atoms with Gasteiger partial charge in [0.25, 0.3) is 5.82 Å². The summed E-state index contributed by atoms with van der Waals surface area (Å²) >= 11 is 5.95. The van der Waals surface area contributed by atoms with Gasteiger partial charge < -0.3 is 15.8 Å². The quantitative estimate of drug-likeness (QED) is 0.642. The molecule has 110 valence electrons. The lowest BCUT2D eigenvalue weighted by Crippen LogP contribution is -2.19. The number of nitrogen functional groups attached to an aromatic ring is 1. The molecular weight excluding hydrogens is 298 g/mol. The second kappa shape index (κ2) is 6.23. The van der Waals surface area contributed by atoms with Crippen molar-refractivity contribution in [1.82, 2.24) is 14.8 Å². The fourth-order valence-corrected chi connectivity index (χ4v) is 1.76. The SMILES string of the molecule is COC(=O)c1ncn(CC(=O)Nc2ccc(N)cc2Cl)n1. The topological polar surface area (TPSA) is 112 Å². The number of ether oxygens (including phenoxy) is 1. The summed E-state index contributed by atoms with van der Waals surface area (Å²) in [6.45, 7) is -0.120. The van der Waals surface area contributed by atoms with Crippen molar-refractivity contribution in [3.8, 4) is 0 Å². The van der Waals surface area contributed by atoms with Gasteiger partial charge in [0.2, 0.25) is 5.91 Å². The first kappa shape index (κ1) is 14.8. The van der Waals surface area contributed by atoms with Crippen LogP contribution in [0.1, 0.15) is 10.6 Å². The Kier molecular flexibility index (Phi) is 4.39. The number of carbonyl (C=O) groups excluding carboxylic acids is 2. The number of aromatic nitrogens is 3. The van der Waals surface area contributed by atoms with Crippen LogP contribution in [0.15, 0.2) is 24.5 Å². The van der Waals surface area contributed by atoms with Crippen LogP contribution in [-0.2, 0) is 16.1 Å². The Morgan fingerprint density at radius 1 is 1.48 bits per heavy atom. The van der Waals surface area contributed by atoms with Gasteiger partial charge in [-0.15, -0.1) is 5.10 Å². The number of esters is 1. The Balaban J connectivity index is 2.01. The molecule has 1 aromatic heterocycles. The van der Waals surface area contributed by atoms with Gasteiger partial charge in [0.1, 0.15) is 12.9 Å². The molecule has 0 spiro atoms. The molecule has 0 radical (unpaired) electrons. The van der Waals surface area contributed by atoms with Crippen LogP contribution in [0.4, 0.5) is 11.4 Å². The number of nitrogens with one attached hydrogen (secondary N) is 1. The number of nitrogens with zero attached hydrogens (tertiary/aromatic N) is 3. The first-order valence-electron chi connectivity index (χ1n) is 5.82. The predicted molar refractivity (Wildman–Crippen MR) is 75.9 cm³/mol. The number of hydrogen-bond donors (Lipinski definition) is 2. The molecule has 2 aromatic rings. The Labute approximate surface area is 124 Å². The molecular formula is C12H12ClN5O3. The van der Waals surface area contributed by atoms with Crippen molar-refractivity contribution >= 4 is 34.9 Å². The van der Waals surface area contributed by atoms with E-state index < -0.39 is 5.97 Å². The van der Waals surface area contributed by atoms with Crippen molar-refractivity contribution in [3.05, 3.63) is 35.4 Å². The molecule has 0 unspecified atom stereocenters. The Bertz CT molecular complexity index is 685. The molecule has 1 heterocycles. The highest BCUT2D eigenvalue weighted by molar-refractivity contribution is 6.34. The third-order valence-corrected chi connectivity index (χ3v) is 2.79. The van der Waals surface area contributed by atoms with Gasteiger partial charge in [-0.1, -0.05) is 11.6 Å². The van der Waals surface area contributed by atoms with E-state index in [4.69, 9.17) is 17.3 Å². The summed E-state index contributed by atoms with van der Waals surface area (Å²) in [5.41, 5.74) is 6.49. The first-order valence-corrected chi connectivity index (χ1v) is 6.20. The number of anilines is 2. The minimum Gasteiger partial charge on any atom is -0.463 e. The van der Waals surface area contributed by atoms with Crippen LogP contribution in [0, 0.1) is 0 Å². The molecule has 0 aliphatic carbocycles. The summed E-state index contributed by atoms with van der Waals surface area (Å²) in [6.07, 6.45) is 1.26. The molecule has 9 heteroatoms. The van der Waals surface area contributed by atoms with Gasteiger partial charge in [-0.2, -0.15) is 0 Å². The van der Waals surface area contributed by atoms with Crippen LogP contribution < -0.4 is 11.1 Å². The Hall–Kier alpha value is -2.61. The van der Waals surface area contributed by atoms with Crippen LogP contribution in [0.2, 0.25) is 5.02 Å². The molecule has 0 aliphatic rings. The summed E-state index contributed by atoms with van der Waals surface area (Å²) < 4.78 is 5.69. The fourth-order valence-electron chi connectivity index (χ4n) is 1.53. The fraction of sp³-hybridized carbons (Fsp3) is 0.167. The van der Waals surface area contributed by atoms with Crippen LogP contribution in [-0.4, -0.2) is 33.8 Å². The first-order chi connectivity index (χ1) is 9.99. The predicted octanol–water partition coefficient (Wildman–Crippen LogP) is 0.939. The van der Waals surface area contributed by atoms with Crippen molar-refractivity contribution in [2.24, 2.45) is 0 Å². The number of rotatable bonds is 4. The molecule has 1 amide bonds. The van der Waals surface area contributed by atoms with Crippen LogP contribution in [0.25, 0.3) is 0 Å². The van der Waals surface area contributed by atoms with Gasteiger partial charge in [-0.3, -0.25) is 4.79 Å². The van der Waals surface area contributed by atoms with E-state index in [0.29, 0.717) is 16.4 Å². The van der Waals surface area contributed by atoms with Crippen molar-refractivity contribution in [2.45, 2.75) is 6.54 Å². The lowest BCUT2D eigenvalue weighted by molar-refractivity contribution is -0.116. The van der Waals surface area contributed by atoms with Crippen molar-refractivity contribution < 1.29 is 14.3 Å². The molecule has 1 aromatic carbocycles. The summed E-state index contributed by atoms with van der Waals surface area (Å²) in [5.74, 6) is -1.16. The van der Waals surface area contributed by atoms with Gasteiger partial charge in [-0.05, 0) is 18.2 Å². The number of benzene rings is 1. The smallest absolute Gasteiger partial charge is 0.377 e. The van der Waals surface area contributed by atoms with Gasteiger partial charge in [0.15, 0.2) is 0 Å². The molecule has 0 atom stereocenters. The van der Waals surface area contributed by atoms with Gasteiger partial charge in [0, 0.05) is 5.69 Å². The maximum absolute atomic E-state index is 11.9. The van der Waals surface area contributed by atoms with Gasteiger partial charge >= 0.3 is 5.97 Å². The van der Waals surface area contributed by atoms with Crippen LogP contribution in [0.3, 0.4) is 0 Å². The largest absolute Gasteiger partial charge is 0.463 e. The summed E-state index contributed by atoms with van der Waals surface area (Å²) in [6, 6.07) is 4.74. The third kappa shape index (κ3) is 3.69. The molecule has 2 rings (SSSR count). The van der Waals surface area contributed by atoms with E-state index in [2.05, 4.69) is 20.1 Å². The molecule has 8 nitrogen and oxygen atoms in total. The highest BCUT2D eigenvalue weighted by atomic mass is 35.5. The second-order valence-electron chi connectivity index (χ2n) is 4.04. The zero-order chi connectivity index (χ0) is 15.4. The average Bonchev–Trinajstić information content (AvgIpc) is 2.89. The molecule has 21 heavy (non-hydrogen) atoms. The maximum atomic E-state index is 11.9. The summed E-state index contributed by atoms with van der Waals surface area (Å²) in [4.78, 5) is 26.8. The summed E-state index contributed by atoms with van der Waals surface area (Å²) in [7, 11) is 1.22. The molecule has 0 bridgehead atoms. The van der Waals surface area contributed by atoms with Crippen molar-refractivity contribution in [3.63, 3.8) is 0 Å². The maximum Gasteiger partial charge on any atom is 0.377 e. The summed E-state index contributed by atoms with van der Waals surface area (Å²) in [5, 5.41) is 6.75. The third-order valence-electron chi connectivity index (χ3n) is 2.48. The zero-order valence-electron chi connectivity index (χ0n) is 11.0. The lowest BCUT2D eigenvalue weighted by Gasteiger charge is -2.07. The molecule has 0 saturated carbocycles. The zero-order valence-corrected chi connectivity index (χ0v) is 11.8. The number of methoxy groups -OCH3 is 1. The van der Waals surface area contributed by atoms with E-state index in [1.807, 2.05) is 0 Å². The average molecular weight is 310 g/mol. The van der Waals surface area contributed by atoms with Crippen LogP contribution in [0.5, 0.6) is 0 Å². The van der Waals surface area contributed by atoms with Crippen molar-refractivity contribution in [1.29, 1.82) is 0 Å². The van der Waals surface area contributed by atoms with E-state index in [1.54, 1.807) is 12.1 Å². The highest BCUT2D eigenvalue weighted by Gasteiger charge is 2.13. The van der Waals surface area contributed by atoms with Gasteiger partial charge in [0.05, 0.1) is 17.8 Å². The number of nitrogens with two attached hydrogens (primary N) is 1. The van der Waals surface area contributed by atoms with E-state index in [9.17, 15) is 9.59 Å². The van der Waals surface area contributed by atoms with Gasteiger partial charge in [-0.25, -0.2) is 14.5 Å². The molecule has 0 saturated heterocycles. The number of hydrogen-bond acceptors (Lipinski definition) is 6. The molecule has 0 fully saturated rings. The van der Waals surface area contributed by atoms with E-state index in [0.717, 1.165) is 0 Å². The molecule has 3 N–H and O–H groups in total. The number of carbonyl (C=O) groups is 2.